The molecule has 0 fully saturated rings. The summed E-state index contributed by atoms with van der Waals surface area (Å²) in [4.78, 5) is 11.7. The van der Waals surface area contributed by atoms with Gasteiger partial charge in [-0.1, -0.05) is 0 Å². The van der Waals surface area contributed by atoms with E-state index in [1.807, 2.05) is 0 Å². The van der Waals surface area contributed by atoms with Crippen molar-refractivity contribution in [2.75, 3.05) is 6.79 Å². The van der Waals surface area contributed by atoms with Gasteiger partial charge in [0.2, 0.25) is 6.79 Å². The summed E-state index contributed by atoms with van der Waals surface area (Å²) in [6.07, 6.45) is 0.799. The molecule has 0 atom stereocenters. The first-order valence-electron chi connectivity index (χ1n) is 4.47. The highest BCUT2D eigenvalue weighted by Gasteiger charge is 2.16. The van der Waals surface area contributed by atoms with E-state index in [4.69, 9.17) is 14.6 Å². The average molecular weight is 206 g/mol. The highest BCUT2D eigenvalue weighted by atomic mass is 16.7. The minimum absolute atomic E-state index is 0.182. The molecular formula is C11H10O4. The molecular weight excluding hydrogens is 196 g/mol. The van der Waals surface area contributed by atoms with E-state index in [1.54, 1.807) is 25.1 Å². The molecule has 0 spiro atoms. The van der Waals surface area contributed by atoms with Crippen molar-refractivity contribution in [3.8, 4) is 11.5 Å². The van der Waals surface area contributed by atoms with Crippen LogP contribution < -0.4 is 9.47 Å². The van der Waals surface area contributed by atoms with Gasteiger partial charge < -0.3 is 14.6 Å². The third-order valence-corrected chi connectivity index (χ3v) is 2.19. The molecule has 2 rings (SSSR count). The lowest BCUT2D eigenvalue weighted by Crippen LogP contribution is -2.00. The van der Waals surface area contributed by atoms with E-state index in [2.05, 4.69) is 0 Å². The summed E-state index contributed by atoms with van der Waals surface area (Å²) in [5.41, 5.74) is 0.760. The topological polar surface area (TPSA) is 55.8 Å². The van der Waals surface area contributed by atoms with Gasteiger partial charge in [-0.25, -0.2) is 0 Å². The van der Waals surface area contributed by atoms with Crippen LogP contribution >= 0.6 is 0 Å². The molecule has 0 bridgehead atoms. The van der Waals surface area contributed by atoms with Gasteiger partial charge in [-0.15, -0.1) is 0 Å². The fourth-order valence-electron chi connectivity index (χ4n) is 1.32. The second-order valence-electron chi connectivity index (χ2n) is 3.21. The number of aliphatic hydroxyl groups excluding tert-OH is 1. The summed E-state index contributed by atoms with van der Waals surface area (Å²) in [5, 5.41) is 8.72. The number of ketones is 1. The second kappa shape index (κ2) is 3.65. The van der Waals surface area contributed by atoms with E-state index in [-0.39, 0.29) is 18.1 Å². The summed E-state index contributed by atoms with van der Waals surface area (Å²) in [7, 11) is 0. The normalized spacial score (nSPS) is 14.1. The summed E-state index contributed by atoms with van der Waals surface area (Å²) >= 11 is 0. The second-order valence-corrected chi connectivity index (χ2v) is 3.21. The number of carbonyl (C=O) groups excluding carboxylic acids is 1. The van der Waals surface area contributed by atoms with Gasteiger partial charge in [-0.3, -0.25) is 4.79 Å². The number of hydrogen-bond acceptors (Lipinski definition) is 4. The van der Waals surface area contributed by atoms with E-state index in [9.17, 15) is 4.79 Å². The van der Waals surface area contributed by atoms with Crippen molar-refractivity contribution in [3.63, 3.8) is 0 Å². The van der Waals surface area contributed by atoms with E-state index >= 15 is 0 Å². The Morgan fingerprint density at radius 1 is 1.40 bits per heavy atom. The van der Waals surface area contributed by atoms with Crippen LogP contribution in [0.25, 0.3) is 0 Å². The number of carbonyl (C=O) groups is 1. The Balaban J connectivity index is 2.35. The van der Waals surface area contributed by atoms with Gasteiger partial charge in [0.15, 0.2) is 17.3 Å². The van der Waals surface area contributed by atoms with Crippen LogP contribution in [-0.2, 0) is 0 Å². The highest BCUT2D eigenvalue weighted by molar-refractivity contribution is 6.08. The Morgan fingerprint density at radius 2 is 2.13 bits per heavy atom. The van der Waals surface area contributed by atoms with Crippen molar-refractivity contribution in [1.82, 2.24) is 0 Å². The molecule has 0 unspecified atom stereocenters. The number of rotatable bonds is 2. The predicted molar refractivity (Wildman–Crippen MR) is 53.3 cm³/mol. The number of benzene rings is 1. The van der Waals surface area contributed by atoms with Crippen LogP contribution in [0.5, 0.6) is 11.5 Å². The molecule has 1 N–H and O–H groups in total. The molecule has 0 saturated heterocycles. The average Bonchev–Trinajstić information content (AvgIpc) is 2.73. The van der Waals surface area contributed by atoms with Gasteiger partial charge in [0.1, 0.15) is 0 Å². The Bertz CT molecular complexity index is 434. The maximum Gasteiger partial charge on any atom is 0.231 e. The Labute approximate surface area is 86.7 Å². The van der Waals surface area contributed by atoms with Gasteiger partial charge in [0, 0.05) is 11.1 Å². The zero-order valence-corrected chi connectivity index (χ0v) is 8.19. The smallest absolute Gasteiger partial charge is 0.231 e. The number of aliphatic hydroxyl groups is 1. The predicted octanol–water partition coefficient (Wildman–Crippen LogP) is 2.06. The summed E-state index contributed by atoms with van der Waals surface area (Å²) in [6, 6.07) is 4.93. The van der Waals surface area contributed by atoms with E-state index in [0.717, 1.165) is 6.26 Å². The summed E-state index contributed by atoms with van der Waals surface area (Å²) in [6.45, 7) is 1.73. The molecule has 1 aromatic rings. The van der Waals surface area contributed by atoms with Crippen LogP contribution in [0, 0.1) is 0 Å². The molecule has 4 nitrogen and oxygen atoms in total. The van der Waals surface area contributed by atoms with Gasteiger partial charge in [-0.05, 0) is 25.1 Å². The van der Waals surface area contributed by atoms with Crippen LogP contribution in [0.15, 0.2) is 30.0 Å². The Kier molecular flexibility index (Phi) is 2.33. The quantitative estimate of drug-likeness (QED) is 0.457. The van der Waals surface area contributed by atoms with Crippen LogP contribution in [0.1, 0.15) is 17.3 Å². The molecule has 0 amide bonds. The minimum Gasteiger partial charge on any atom is -0.515 e. The molecule has 15 heavy (non-hydrogen) atoms. The number of fused-ring (bicyclic) bond motifs is 1. The summed E-state index contributed by atoms with van der Waals surface area (Å²) < 4.78 is 10.3. The first-order chi connectivity index (χ1) is 7.22. The number of allylic oxidation sites excluding steroid dienone is 1. The van der Waals surface area contributed by atoms with Crippen LogP contribution in [0.4, 0.5) is 0 Å². The van der Waals surface area contributed by atoms with E-state index in [0.29, 0.717) is 17.1 Å². The van der Waals surface area contributed by atoms with Crippen molar-refractivity contribution in [2.24, 2.45) is 0 Å². The maximum atomic E-state index is 11.7. The van der Waals surface area contributed by atoms with E-state index < -0.39 is 0 Å². The molecule has 0 saturated carbocycles. The van der Waals surface area contributed by atoms with Crippen molar-refractivity contribution in [1.29, 1.82) is 0 Å². The molecule has 1 aromatic carbocycles. The fraction of sp³-hybridized carbons (Fsp3) is 0.182. The minimum atomic E-state index is -0.226. The molecule has 1 aliphatic heterocycles. The Hall–Kier alpha value is -1.97. The van der Waals surface area contributed by atoms with Crippen LogP contribution in [0.3, 0.4) is 0 Å². The lowest BCUT2D eigenvalue weighted by atomic mass is 10.1. The molecule has 78 valence electrons. The first-order valence-corrected chi connectivity index (χ1v) is 4.47. The lowest BCUT2D eigenvalue weighted by Gasteiger charge is -2.01. The largest absolute Gasteiger partial charge is 0.515 e. The summed E-state index contributed by atoms with van der Waals surface area (Å²) in [5.74, 6) is 0.972. The molecule has 4 heteroatoms. The zero-order valence-electron chi connectivity index (χ0n) is 8.19. The standard InChI is InChI=1S/C11H10O4/c1-7(5-12)11(13)8-2-3-9-10(4-8)15-6-14-9/h2-5,12H,6H2,1H3. The van der Waals surface area contributed by atoms with E-state index in [1.165, 1.54) is 0 Å². The van der Waals surface area contributed by atoms with Gasteiger partial charge in [0.25, 0.3) is 0 Å². The Morgan fingerprint density at radius 3 is 2.87 bits per heavy atom. The van der Waals surface area contributed by atoms with Crippen molar-refractivity contribution in [3.05, 3.63) is 35.6 Å². The molecule has 1 aliphatic rings. The van der Waals surface area contributed by atoms with Crippen molar-refractivity contribution >= 4 is 5.78 Å². The molecule has 0 aliphatic carbocycles. The van der Waals surface area contributed by atoms with Crippen LogP contribution in [-0.4, -0.2) is 17.7 Å². The van der Waals surface area contributed by atoms with Crippen LogP contribution in [0.2, 0.25) is 0 Å². The number of ether oxygens (including phenoxy) is 2. The third-order valence-electron chi connectivity index (χ3n) is 2.19. The van der Waals surface area contributed by atoms with Gasteiger partial charge in [0.05, 0.1) is 6.26 Å². The molecule has 0 radical (unpaired) electrons. The zero-order chi connectivity index (χ0) is 10.8. The number of hydrogen-bond donors (Lipinski definition) is 1. The SMILES string of the molecule is CC(=CO)C(=O)c1ccc2c(c1)OCO2. The van der Waals surface area contributed by atoms with Gasteiger partial charge >= 0.3 is 0 Å². The third kappa shape index (κ3) is 1.66. The van der Waals surface area contributed by atoms with Crippen molar-refractivity contribution < 1.29 is 19.4 Å². The monoisotopic (exact) mass is 206 g/mol. The maximum absolute atomic E-state index is 11.7. The highest BCUT2D eigenvalue weighted by Crippen LogP contribution is 2.32. The molecule has 0 aromatic heterocycles. The fourth-order valence-corrected chi connectivity index (χ4v) is 1.32. The van der Waals surface area contributed by atoms with Crippen molar-refractivity contribution in [2.45, 2.75) is 6.92 Å². The number of Topliss-reactive ketones (excluding diaryl/α,β-unsaturated/α-hetero) is 1. The van der Waals surface area contributed by atoms with Gasteiger partial charge in [-0.2, -0.15) is 0 Å². The first kappa shape index (κ1) is 9.58. The molecule has 1 heterocycles. The lowest BCUT2D eigenvalue weighted by molar-refractivity contribution is 0.103.